The standard InChI is InChI=1S/C12H13F2NO3/c1-16-2-3-17-4-5-18-12-10(13)6-9(8-15)7-11(12)14/h6-7H,2-5H2,1H3. The molecule has 98 valence electrons. The first-order chi connectivity index (χ1) is 8.69. The Morgan fingerprint density at radius 2 is 1.72 bits per heavy atom. The average molecular weight is 257 g/mol. The zero-order chi connectivity index (χ0) is 13.4. The number of methoxy groups -OCH3 is 1. The second-order valence-corrected chi connectivity index (χ2v) is 3.33. The molecule has 1 aromatic rings. The van der Waals surface area contributed by atoms with Crippen LogP contribution in [-0.4, -0.2) is 33.5 Å². The molecule has 4 nitrogen and oxygen atoms in total. The number of halogens is 2. The second kappa shape index (κ2) is 7.58. The third kappa shape index (κ3) is 4.28. The highest BCUT2D eigenvalue weighted by molar-refractivity contribution is 5.37. The van der Waals surface area contributed by atoms with Crippen molar-refractivity contribution in [3.05, 3.63) is 29.3 Å². The molecular formula is C12H13F2NO3. The summed E-state index contributed by atoms with van der Waals surface area (Å²) in [6.45, 7) is 1.05. The zero-order valence-electron chi connectivity index (χ0n) is 9.91. The molecule has 0 saturated carbocycles. The lowest BCUT2D eigenvalue weighted by Gasteiger charge is -2.09. The summed E-state index contributed by atoms with van der Waals surface area (Å²) in [5.74, 6) is -2.30. The van der Waals surface area contributed by atoms with E-state index in [-0.39, 0.29) is 18.8 Å². The molecule has 0 aromatic heterocycles. The van der Waals surface area contributed by atoms with Crippen LogP contribution in [0, 0.1) is 23.0 Å². The molecule has 18 heavy (non-hydrogen) atoms. The third-order valence-electron chi connectivity index (χ3n) is 2.03. The molecule has 0 radical (unpaired) electrons. The van der Waals surface area contributed by atoms with Crippen molar-refractivity contribution < 1.29 is 23.0 Å². The fourth-order valence-corrected chi connectivity index (χ4v) is 1.21. The van der Waals surface area contributed by atoms with Crippen LogP contribution < -0.4 is 4.74 Å². The van der Waals surface area contributed by atoms with Gasteiger partial charge in [0, 0.05) is 7.11 Å². The minimum atomic E-state index is -0.900. The van der Waals surface area contributed by atoms with Crippen LogP contribution >= 0.6 is 0 Å². The minimum absolute atomic E-state index is 0.0173. The number of ether oxygens (including phenoxy) is 3. The third-order valence-corrected chi connectivity index (χ3v) is 2.03. The Morgan fingerprint density at radius 1 is 1.11 bits per heavy atom. The van der Waals surface area contributed by atoms with Crippen molar-refractivity contribution in [2.45, 2.75) is 0 Å². The minimum Gasteiger partial charge on any atom is -0.485 e. The van der Waals surface area contributed by atoms with Gasteiger partial charge in [-0.1, -0.05) is 0 Å². The van der Waals surface area contributed by atoms with E-state index in [2.05, 4.69) is 0 Å². The summed E-state index contributed by atoms with van der Waals surface area (Å²) in [5.41, 5.74) is -0.0892. The monoisotopic (exact) mass is 257 g/mol. The number of rotatable bonds is 7. The van der Waals surface area contributed by atoms with Crippen LogP contribution in [0.5, 0.6) is 5.75 Å². The maximum atomic E-state index is 13.4. The predicted octanol–water partition coefficient (Wildman–Crippen LogP) is 1.88. The van der Waals surface area contributed by atoms with E-state index in [9.17, 15) is 8.78 Å². The number of nitriles is 1. The van der Waals surface area contributed by atoms with Gasteiger partial charge in [0.25, 0.3) is 0 Å². The van der Waals surface area contributed by atoms with Crippen molar-refractivity contribution in [1.29, 1.82) is 5.26 Å². The summed E-state index contributed by atoms with van der Waals surface area (Å²) in [5, 5.41) is 8.52. The molecule has 1 aromatic carbocycles. The van der Waals surface area contributed by atoms with Gasteiger partial charge in [-0.05, 0) is 12.1 Å². The highest BCUT2D eigenvalue weighted by Crippen LogP contribution is 2.22. The number of benzene rings is 1. The van der Waals surface area contributed by atoms with Gasteiger partial charge in [-0.25, -0.2) is 8.78 Å². The van der Waals surface area contributed by atoms with Crippen molar-refractivity contribution >= 4 is 0 Å². The van der Waals surface area contributed by atoms with E-state index in [1.165, 1.54) is 0 Å². The molecule has 0 aliphatic carbocycles. The molecule has 0 aliphatic rings. The van der Waals surface area contributed by atoms with Gasteiger partial charge in [-0.2, -0.15) is 5.26 Å². The number of hydrogen-bond donors (Lipinski definition) is 0. The lowest BCUT2D eigenvalue weighted by molar-refractivity contribution is 0.0531. The molecule has 0 aliphatic heterocycles. The second-order valence-electron chi connectivity index (χ2n) is 3.33. The lowest BCUT2D eigenvalue weighted by Crippen LogP contribution is -2.11. The summed E-state index contributed by atoms with van der Waals surface area (Å²) in [4.78, 5) is 0. The molecule has 0 bridgehead atoms. The SMILES string of the molecule is COCCOCCOc1c(F)cc(C#N)cc1F. The van der Waals surface area contributed by atoms with Gasteiger partial charge in [0.05, 0.1) is 31.5 Å². The Labute approximate surface area is 104 Å². The van der Waals surface area contributed by atoms with E-state index in [1.807, 2.05) is 0 Å². The maximum absolute atomic E-state index is 13.4. The molecule has 0 heterocycles. The predicted molar refractivity (Wildman–Crippen MR) is 59.3 cm³/mol. The van der Waals surface area contributed by atoms with Crippen molar-refractivity contribution in [1.82, 2.24) is 0 Å². The van der Waals surface area contributed by atoms with Crippen LogP contribution in [0.4, 0.5) is 8.78 Å². The van der Waals surface area contributed by atoms with E-state index < -0.39 is 17.4 Å². The van der Waals surface area contributed by atoms with Crippen molar-refractivity contribution in [2.75, 3.05) is 33.5 Å². The van der Waals surface area contributed by atoms with Gasteiger partial charge in [0.2, 0.25) is 0 Å². The van der Waals surface area contributed by atoms with Crippen molar-refractivity contribution in [3.8, 4) is 11.8 Å². The Hall–Kier alpha value is -1.71. The van der Waals surface area contributed by atoms with E-state index >= 15 is 0 Å². The zero-order valence-corrected chi connectivity index (χ0v) is 9.91. The van der Waals surface area contributed by atoms with E-state index in [0.717, 1.165) is 12.1 Å². The fraction of sp³-hybridized carbons (Fsp3) is 0.417. The number of nitrogens with zero attached hydrogens (tertiary/aromatic N) is 1. The van der Waals surface area contributed by atoms with Crippen LogP contribution in [0.15, 0.2) is 12.1 Å². The molecule has 0 atom stereocenters. The molecule has 0 unspecified atom stereocenters. The fourth-order valence-electron chi connectivity index (χ4n) is 1.21. The topological polar surface area (TPSA) is 51.5 Å². The summed E-state index contributed by atoms with van der Waals surface area (Å²) in [6, 6.07) is 3.49. The largest absolute Gasteiger partial charge is 0.485 e. The van der Waals surface area contributed by atoms with Crippen LogP contribution in [0.1, 0.15) is 5.56 Å². The molecule has 0 amide bonds. The summed E-state index contributed by atoms with van der Waals surface area (Å²) >= 11 is 0. The molecule has 0 saturated heterocycles. The normalized spacial score (nSPS) is 10.1. The number of hydrogen-bond acceptors (Lipinski definition) is 4. The quantitative estimate of drug-likeness (QED) is 0.700. The van der Waals surface area contributed by atoms with Gasteiger partial charge >= 0.3 is 0 Å². The van der Waals surface area contributed by atoms with E-state index in [4.69, 9.17) is 19.5 Å². The molecule has 1 rings (SSSR count). The van der Waals surface area contributed by atoms with Crippen LogP contribution in [0.2, 0.25) is 0 Å². The van der Waals surface area contributed by atoms with E-state index in [1.54, 1.807) is 13.2 Å². The summed E-state index contributed by atoms with van der Waals surface area (Å²) < 4.78 is 41.5. The lowest BCUT2D eigenvalue weighted by atomic mass is 10.2. The highest BCUT2D eigenvalue weighted by atomic mass is 19.1. The van der Waals surface area contributed by atoms with Crippen molar-refractivity contribution in [2.24, 2.45) is 0 Å². The first kappa shape index (κ1) is 14.4. The summed E-state index contributed by atoms with van der Waals surface area (Å²) in [6.07, 6.45) is 0. The first-order valence-electron chi connectivity index (χ1n) is 5.27. The Kier molecular flexibility index (Phi) is 6.05. The average Bonchev–Trinajstić information content (AvgIpc) is 2.35. The van der Waals surface area contributed by atoms with Gasteiger partial charge in [-0.3, -0.25) is 0 Å². The maximum Gasteiger partial charge on any atom is 0.190 e. The van der Waals surface area contributed by atoms with Gasteiger partial charge in [0.1, 0.15) is 6.61 Å². The first-order valence-corrected chi connectivity index (χ1v) is 5.27. The molecule has 0 spiro atoms. The smallest absolute Gasteiger partial charge is 0.190 e. The van der Waals surface area contributed by atoms with Crippen LogP contribution in [-0.2, 0) is 9.47 Å². The Morgan fingerprint density at radius 3 is 2.28 bits per heavy atom. The van der Waals surface area contributed by atoms with Crippen LogP contribution in [0.25, 0.3) is 0 Å². The van der Waals surface area contributed by atoms with Crippen LogP contribution in [0.3, 0.4) is 0 Å². The highest BCUT2D eigenvalue weighted by Gasteiger charge is 2.12. The van der Waals surface area contributed by atoms with Gasteiger partial charge < -0.3 is 14.2 Å². The molecule has 6 heteroatoms. The molecular weight excluding hydrogens is 244 g/mol. The summed E-state index contributed by atoms with van der Waals surface area (Å²) in [7, 11) is 1.54. The van der Waals surface area contributed by atoms with Gasteiger partial charge in [0.15, 0.2) is 17.4 Å². The van der Waals surface area contributed by atoms with E-state index in [0.29, 0.717) is 13.2 Å². The Balaban J connectivity index is 2.45. The van der Waals surface area contributed by atoms with Crippen molar-refractivity contribution in [3.63, 3.8) is 0 Å². The molecule has 0 N–H and O–H groups in total. The Bertz CT molecular complexity index is 409. The van der Waals surface area contributed by atoms with Gasteiger partial charge in [-0.15, -0.1) is 0 Å². The molecule has 0 fully saturated rings.